The monoisotopic (exact) mass is 435 g/mol. The van der Waals surface area contributed by atoms with E-state index in [1.165, 1.54) is 18.2 Å². The number of hydrogen-bond acceptors (Lipinski definition) is 5. The molecule has 1 heterocycles. The van der Waals surface area contributed by atoms with Crippen molar-refractivity contribution in [2.24, 2.45) is 5.92 Å². The van der Waals surface area contributed by atoms with Gasteiger partial charge in [0.2, 0.25) is 11.8 Å². The molecule has 1 aliphatic rings. The van der Waals surface area contributed by atoms with Crippen molar-refractivity contribution in [2.75, 3.05) is 5.75 Å². The Bertz CT molecular complexity index is 1020. The van der Waals surface area contributed by atoms with Gasteiger partial charge in [0.15, 0.2) is 11.0 Å². The molecule has 0 aliphatic heterocycles. The molecule has 8 heteroatoms. The van der Waals surface area contributed by atoms with Crippen molar-refractivity contribution in [1.29, 1.82) is 0 Å². The number of carbonyl (C=O) groups excluding carboxylic acids is 2. The molecule has 0 saturated heterocycles. The van der Waals surface area contributed by atoms with Crippen LogP contribution in [0.4, 0.5) is 0 Å². The van der Waals surface area contributed by atoms with Crippen LogP contribution in [0.2, 0.25) is 0 Å². The van der Waals surface area contributed by atoms with Gasteiger partial charge in [0.1, 0.15) is 0 Å². The lowest BCUT2D eigenvalue weighted by atomic mass is 9.89. The number of rotatable bonds is 6. The first-order chi connectivity index (χ1) is 15.2. The minimum absolute atomic E-state index is 0.00341. The van der Waals surface area contributed by atoms with Crippen LogP contribution < -0.4 is 10.9 Å². The summed E-state index contributed by atoms with van der Waals surface area (Å²) in [6.07, 6.45) is 5.10. The fourth-order valence-corrected chi connectivity index (χ4v) is 4.46. The van der Waals surface area contributed by atoms with Gasteiger partial charge in [-0.1, -0.05) is 79.6 Å². The number of amides is 2. The average Bonchev–Trinajstić information content (AvgIpc) is 3.27. The lowest BCUT2D eigenvalue weighted by molar-refractivity contribution is -0.131. The van der Waals surface area contributed by atoms with Crippen LogP contribution in [0.25, 0.3) is 17.1 Å². The molecule has 4 rings (SSSR count). The van der Waals surface area contributed by atoms with Crippen molar-refractivity contribution in [1.82, 2.24) is 25.6 Å². The normalized spacial score (nSPS) is 14.2. The number of carbonyl (C=O) groups is 2. The predicted molar refractivity (Wildman–Crippen MR) is 120 cm³/mol. The first-order valence-electron chi connectivity index (χ1n) is 10.5. The Morgan fingerprint density at radius 2 is 1.58 bits per heavy atom. The van der Waals surface area contributed by atoms with Crippen molar-refractivity contribution in [2.45, 2.75) is 37.3 Å². The molecule has 0 bridgehead atoms. The van der Waals surface area contributed by atoms with E-state index in [0.29, 0.717) is 11.0 Å². The van der Waals surface area contributed by atoms with Crippen molar-refractivity contribution < 1.29 is 9.59 Å². The van der Waals surface area contributed by atoms with E-state index in [1.807, 2.05) is 65.2 Å². The summed E-state index contributed by atoms with van der Waals surface area (Å²) in [5.41, 5.74) is 6.96. The third kappa shape index (κ3) is 5.32. The molecule has 31 heavy (non-hydrogen) atoms. The van der Waals surface area contributed by atoms with Gasteiger partial charge in [-0.25, -0.2) is 0 Å². The topological polar surface area (TPSA) is 88.9 Å². The summed E-state index contributed by atoms with van der Waals surface area (Å²) < 4.78 is 1.94. The zero-order valence-corrected chi connectivity index (χ0v) is 18.0. The van der Waals surface area contributed by atoms with Crippen LogP contribution in [-0.4, -0.2) is 32.3 Å². The Hall–Kier alpha value is -3.13. The molecular formula is C23H25N5O2S. The summed E-state index contributed by atoms with van der Waals surface area (Å²) in [5, 5.41) is 9.29. The molecule has 0 spiro atoms. The molecular weight excluding hydrogens is 410 g/mol. The van der Waals surface area contributed by atoms with E-state index in [4.69, 9.17) is 0 Å². The van der Waals surface area contributed by atoms with Crippen molar-refractivity contribution in [3.8, 4) is 17.1 Å². The average molecular weight is 436 g/mol. The second kappa shape index (κ2) is 10.3. The highest BCUT2D eigenvalue weighted by atomic mass is 32.2. The molecule has 2 amide bonds. The summed E-state index contributed by atoms with van der Waals surface area (Å²) >= 11 is 1.28. The maximum atomic E-state index is 12.3. The largest absolute Gasteiger partial charge is 0.273 e. The van der Waals surface area contributed by atoms with Crippen molar-refractivity contribution in [3.05, 3.63) is 60.7 Å². The van der Waals surface area contributed by atoms with E-state index in [0.717, 1.165) is 36.9 Å². The fraction of sp³-hybridized carbons (Fsp3) is 0.304. The van der Waals surface area contributed by atoms with Crippen LogP contribution in [0.5, 0.6) is 0 Å². The molecule has 2 aromatic carbocycles. The zero-order chi connectivity index (χ0) is 21.5. The number of aromatic nitrogens is 3. The van der Waals surface area contributed by atoms with Crippen LogP contribution >= 0.6 is 11.8 Å². The van der Waals surface area contributed by atoms with Crippen LogP contribution in [-0.2, 0) is 9.59 Å². The number of nitrogens with one attached hydrogen (secondary N) is 2. The highest BCUT2D eigenvalue weighted by molar-refractivity contribution is 7.99. The third-order valence-corrected chi connectivity index (χ3v) is 6.24. The molecule has 7 nitrogen and oxygen atoms in total. The van der Waals surface area contributed by atoms with E-state index in [-0.39, 0.29) is 23.5 Å². The second-order valence-corrected chi connectivity index (χ2v) is 8.45. The minimum Gasteiger partial charge on any atom is -0.273 e. The minimum atomic E-state index is -0.280. The Balaban J connectivity index is 1.43. The van der Waals surface area contributed by atoms with Crippen molar-refractivity contribution >= 4 is 23.6 Å². The lowest BCUT2D eigenvalue weighted by Crippen LogP contribution is -2.45. The van der Waals surface area contributed by atoms with Gasteiger partial charge in [-0.3, -0.25) is 25.0 Å². The molecule has 3 aromatic rings. The number of hydrogen-bond donors (Lipinski definition) is 2. The lowest BCUT2D eigenvalue weighted by Gasteiger charge is -2.20. The van der Waals surface area contributed by atoms with Crippen LogP contribution in [0.3, 0.4) is 0 Å². The fourth-order valence-electron chi connectivity index (χ4n) is 3.71. The quantitative estimate of drug-likeness (QED) is 0.455. The van der Waals surface area contributed by atoms with E-state index in [2.05, 4.69) is 21.0 Å². The molecule has 1 aromatic heterocycles. The number of para-hydroxylation sites is 1. The number of thioether (sulfide) groups is 1. The first-order valence-corrected chi connectivity index (χ1v) is 11.5. The maximum absolute atomic E-state index is 12.3. The van der Waals surface area contributed by atoms with Crippen LogP contribution in [0.1, 0.15) is 32.1 Å². The predicted octanol–water partition coefficient (Wildman–Crippen LogP) is 3.75. The smallest absolute Gasteiger partial charge is 0.248 e. The van der Waals surface area contributed by atoms with E-state index in [9.17, 15) is 9.59 Å². The van der Waals surface area contributed by atoms with Gasteiger partial charge >= 0.3 is 0 Å². The van der Waals surface area contributed by atoms with Gasteiger partial charge in [-0.2, -0.15) is 0 Å². The molecule has 2 N–H and O–H groups in total. The summed E-state index contributed by atoms with van der Waals surface area (Å²) in [6.45, 7) is 0. The van der Waals surface area contributed by atoms with Crippen molar-refractivity contribution in [3.63, 3.8) is 0 Å². The summed E-state index contributed by atoms with van der Waals surface area (Å²) in [4.78, 5) is 24.5. The van der Waals surface area contributed by atoms with Gasteiger partial charge in [-0.05, 0) is 25.0 Å². The molecule has 160 valence electrons. The number of nitrogens with zero attached hydrogens (tertiary/aromatic N) is 3. The van der Waals surface area contributed by atoms with Gasteiger partial charge in [-0.15, -0.1) is 10.2 Å². The Kier molecular flexibility index (Phi) is 6.99. The van der Waals surface area contributed by atoms with Crippen LogP contribution in [0.15, 0.2) is 65.8 Å². The van der Waals surface area contributed by atoms with Gasteiger partial charge in [0, 0.05) is 17.2 Å². The first kappa shape index (κ1) is 21.1. The summed E-state index contributed by atoms with van der Waals surface area (Å²) in [6, 6.07) is 19.6. The van der Waals surface area contributed by atoms with Crippen LogP contribution in [0, 0.1) is 5.92 Å². The standard InChI is InChI=1S/C23H25N5O2S/c29-20(24-26-22(30)18-12-6-2-7-13-18)16-31-23-27-25-21(17-10-4-1-5-11-17)28(23)19-14-8-3-9-15-19/h1,3-5,8-11,14-15,18H,2,6-7,12-13,16H2,(H,24,29)(H,26,30). The Morgan fingerprint density at radius 3 is 2.29 bits per heavy atom. The number of hydrazine groups is 1. The molecule has 1 saturated carbocycles. The van der Waals surface area contributed by atoms with Gasteiger partial charge < -0.3 is 0 Å². The van der Waals surface area contributed by atoms with E-state index >= 15 is 0 Å². The Labute approximate surface area is 185 Å². The Morgan fingerprint density at radius 1 is 0.903 bits per heavy atom. The van der Waals surface area contributed by atoms with E-state index < -0.39 is 0 Å². The maximum Gasteiger partial charge on any atom is 0.248 e. The molecule has 1 fully saturated rings. The summed E-state index contributed by atoms with van der Waals surface area (Å²) in [5.74, 6) is 0.441. The summed E-state index contributed by atoms with van der Waals surface area (Å²) in [7, 11) is 0. The highest BCUT2D eigenvalue weighted by Gasteiger charge is 2.22. The van der Waals surface area contributed by atoms with E-state index in [1.54, 1.807) is 0 Å². The van der Waals surface area contributed by atoms with Gasteiger partial charge in [0.25, 0.3) is 0 Å². The molecule has 1 aliphatic carbocycles. The third-order valence-electron chi connectivity index (χ3n) is 5.31. The highest BCUT2D eigenvalue weighted by Crippen LogP contribution is 2.27. The molecule has 0 atom stereocenters. The van der Waals surface area contributed by atoms with Gasteiger partial charge in [0.05, 0.1) is 5.75 Å². The molecule has 0 radical (unpaired) electrons. The second-order valence-electron chi connectivity index (χ2n) is 7.50. The molecule has 0 unspecified atom stereocenters. The SMILES string of the molecule is O=C(CSc1nnc(-c2ccccc2)n1-c1ccccc1)NNC(=O)C1CCCCC1. The number of benzene rings is 2. The zero-order valence-electron chi connectivity index (χ0n) is 17.2.